The van der Waals surface area contributed by atoms with E-state index in [1.54, 1.807) is 12.5 Å². The van der Waals surface area contributed by atoms with Gasteiger partial charge in [-0.25, -0.2) is 15.0 Å². The Kier molecular flexibility index (Phi) is 8.92. The van der Waals surface area contributed by atoms with Gasteiger partial charge in [0.2, 0.25) is 8.32 Å². The Morgan fingerprint density at radius 3 is 2.33 bits per heavy atom. The average molecular weight is 591 g/mol. The molecular weight excluding hydrogens is 552 g/mol. The van der Waals surface area contributed by atoms with Crippen molar-refractivity contribution >= 4 is 35.5 Å². The lowest BCUT2D eigenvalue weighted by atomic mass is 10.1. The summed E-state index contributed by atoms with van der Waals surface area (Å²) in [7, 11) is -6.45. The molecule has 14 heteroatoms. The standard InChI is InChI=1S/C26H38N6O6SSi/c1-17(2)40(18(3)4,19(5)6)38-25-12-22(31-16-29-24-14-27-15-28-26(24)31)11-20(25)13-30-39(35,36)37-23-9-7-21(8-10-23)32(33)34/h7-10,14-20,22,25,30H,11-13H2,1-6H3/t20-,22-,25+/m1/s1. The molecule has 0 aliphatic heterocycles. The number of nitrogens with zero attached hydrogens (tertiary/aromatic N) is 5. The molecule has 2 heterocycles. The van der Waals surface area contributed by atoms with Crippen LogP contribution in [0, 0.1) is 16.0 Å². The highest BCUT2D eigenvalue weighted by Gasteiger charge is 2.49. The summed E-state index contributed by atoms with van der Waals surface area (Å²) in [6.45, 7) is 13.5. The van der Waals surface area contributed by atoms with Gasteiger partial charge in [0.25, 0.3) is 5.69 Å². The first-order chi connectivity index (χ1) is 18.8. The van der Waals surface area contributed by atoms with E-state index in [4.69, 9.17) is 8.61 Å². The van der Waals surface area contributed by atoms with Crippen LogP contribution in [0.3, 0.4) is 0 Å². The van der Waals surface area contributed by atoms with Gasteiger partial charge in [0.05, 0.1) is 23.6 Å². The van der Waals surface area contributed by atoms with Crippen LogP contribution in [-0.2, 0) is 14.7 Å². The van der Waals surface area contributed by atoms with E-state index in [-0.39, 0.29) is 36.0 Å². The van der Waals surface area contributed by atoms with E-state index in [2.05, 4.69) is 61.2 Å². The molecule has 1 N–H and O–H groups in total. The SMILES string of the molecule is CC(C)[Si](O[C@H]1C[C@H](n2cnc3cncnc32)C[C@@H]1CNS(=O)(=O)Oc1ccc([N+](=O)[O-])cc1)(C(C)C)C(C)C. The lowest BCUT2D eigenvalue weighted by Crippen LogP contribution is -2.51. The van der Waals surface area contributed by atoms with Crippen molar-refractivity contribution in [3.63, 3.8) is 0 Å². The molecule has 40 heavy (non-hydrogen) atoms. The third kappa shape index (κ3) is 6.19. The average Bonchev–Trinajstić information content (AvgIpc) is 3.49. The van der Waals surface area contributed by atoms with Crippen molar-refractivity contribution in [2.45, 2.75) is 83.2 Å². The number of nitrogens with one attached hydrogen (secondary N) is 1. The molecule has 1 aliphatic rings. The van der Waals surface area contributed by atoms with Crippen molar-refractivity contribution in [2.75, 3.05) is 6.54 Å². The van der Waals surface area contributed by atoms with Gasteiger partial charge < -0.3 is 13.2 Å². The maximum Gasteiger partial charge on any atom is 0.382 e. The summed E-state index contributed by atoms with van der Waals surface area (Å²) < 4.78 is 42.7. The number of fused-ring (bicyclic) bond motifs is 1. The van der Waals surface area contributed by atoms with Crippen molar-refractivity contribution in [2.24, 2.45) is 5.92 Å². The Morgan fingerprint density at radius 2 is 1.73 bits per heavy atom. The molecule has 4 rings (SSSR count). The number of imidazole rings is 1. The zero-order valence-electron chi connectivity index (χ0n) is 23.7. The summed E-state index contributed by atoms with van der Waals surface area (Å²) >= 11 is 0. The van der Waals surface area contributed by atoms with Gasteiger partial charge in [0, 0.05) is 24.7 Å². The Morgan fingerprint density at radius 1 is 1.07 bits per heavy atom. The third-order valence-electron chi connectivity index (χ3n) is 8.08. The molecule has 0 saturated heterocycles. The summed E-state index contributed by atoms with van der Waals surface area (Å²) in [5.41, 5.74) is 2.40. The fourth-order valence-corrected chi connectivity index (χ4v) is 12.8. The van der Waals surface area contributed by atoms with E-state index < -0.39 is 23.5 Å². The van der Waals surface area contributed by atoms with E-state index >= 15 is 0 Å². The van der Waals surface area contributed by atoms with Gasteiger partial charge in [-0.1, -0.05) is 41.5 Å². The van der Waals surface area contributed by atoms with Gasteiger partial charge in [-0.05, 0) is 47.5 Å². The van der Waals surface area contributed by atoms with Gasteiger partial charge in [-0.2, -0.15) is 13.1 Å². The van der Waals surface area contributed by atoms with Crippen LogP contribution in [0.1, 0.15) is 60.4 Å². The van der Waals surface area contributed by atoms with E-state index in [1.807, 2.05) is 4.57 Å². The first kappa shape index (κ1) is 30.0. The number of non-ortho nitro benzene ring substituents is 1. The number of rotatable bonds is 12. The Bertz CT molecular complexity index is 1410. The summed E-state index contributed by atoms with van der Waals surface area (Å²) in [6.07, 6.45) is 6.13. The number of nitro benzene ring substituents is 1. The molecule has 2 aromatic heterocycles. The van der Waals surface area contributed by atoms with Crippen LogP contribution in [0.5, 0.6) is 5.75 Å². The predicted molar refractivity (Wildman–Crippen MR) is 154 cm³/mol. The highest BCUT2D eigenvalue weighted by Crippen LogP contribution is 2.47. The summed E-state index contributed by atoms with van der Waals surface area (Å²) in [6, 6.07) is 4.93. The smallest absolute Gasteiger partial charge is 0.382 e. The molecule has 3 aromatic rings. The third-order valence-corrected chi connectivity index (χ3v) is 15.1. The molecule has 0 amide bonds. The van der Waals surface area contributed by atoms with Gasteiger partial charge in [0.1, 0.15) is 17.6 Å². The molecule has 1 aliphatic carbocycles. The summed E-state index contributed by atoms with van der Waals surface area (Å²) in [5.74, 6) is -0.131. The molecule has 218 valence electrons. The van der Waals surface area contributed by atoms with Crippen LogP contribution in [0.25, 0.3) is 11.2 Å². The highest BCUT2D eigenvalue weighted by atomic mass is 32.2. The fraction of sp³-hybridized carbons (Fsp3) is 0.577. The van der Waals surface area contributed by atoms with Crippen molar-refractivity contribution in [3.8, 4) is 5.75 Å². The van der Waals surface area contributed by atoms with Crippen LogP contribution in [0.15, 0.2) is 43.1 Å². The minimum atomic E-state index is -4.18. The van der Waals surface area contributed by atoms with Crippen LogP contribution in [0.2, 0.25) is 16.6 Å². The van der Waals surface area contributed by atoms with Gasteiger partial charge in [-0.15, -0.1) is 0 Å². The van der Waals surface area contributed by atoms with E-state index in [9.17, 15) is 18.5 Å². The molecule has 0 radical (unpaired) electrons. The van der Waals surface area contributed by atoms with Crippen molar-refractivity contribution in [1.29, 1.82) is 0 Å². The van der Waals surface area contributed by atoms with Crippen molar-refractivity contribution in [3.05, 3.63) is 53.2 Å². The first-order valence-electron chi connectivity index (χ1n) is 13.6. The van der Waals surface area contributed by atoms with Gasteiger partial charge in [0.15, 0.2) is 5.65 Å². The second-order valence-electron chi connectivity index (χ2n) is 11.4. The molecule has 12 nitrogen and oxygen atoms in total. The fourth-order valence-electron chi connectivity index (χ4n) is 6.36. The molecular formula is C26H38N6O6SSi. The van der Waals surface area contributed by atoms with Gasteiger partial charge in [-0.3, -0.25) is 10.1 Å². The number of hydrogen-bond acceptors (Lipinski definition) is 9. The zero-order chi connectivity index (χ0) is 29.2. The van der Waals surface area contributed by atoms with Crippen molar-refractivity contribution in [1.82, 2.24) is 24.2 Å². The molecule has 0 spiro atoms. The van der Waals surface area contributed by atoms with Crippen LogP contribution in [0.4, 0.5) is 5.69 Å². The van der Waals surface area contributed by atoms with E-state index in [0.717, 1.165) is 5.65 Å². The normalized spacial score (nSPS) is 20.2. The Hall–Kier alpha value is -2.94. The number of aromatic nitrogens is 4. The van der Waals surface area contributed by atoms with Crippen LogP contribution >= 0.6 is 0 Å². The number of hydrogen-bond donors (Lipinski definition) is 1. The maximum atomic E-state index is 12.8. The lowest BCUT2D eigenvalue weighted by molar-refractivity contribution is -0.384. The molecule has 1 aromatic carbocycles. The van der Waals surface area contributed by atoms with Crippen LogP contribution in [-0.4, -0.2) is 53.8 Å². The molecule has 3 atom stereocenters. The minimum absolute atomic E-state index is 0.00869. The Labute approximate surface area is 236 Å². The van der Waals surface area contributed by atoms with Crippen molar-refractivity contribution < 1.29 is 22.0 Å². The minimum Gasteiger partial charge on any atom is -0.413 e. The second-order valence-corrected chi connectivity index (χ2v) is 18.2. The number of benzene rings is 1. The lowest BCUT2D eigenvalue weighted by Gasteiger charge is -2.45. The molecule has 0 unspecified atom stereocenters. The van der Waals surface area contributed by atoms with E-state index in [0.29, 0.717) is 35.0 Å². The first-order valence-corrected chi connectivity index (χ1v) is 17.1. The molecule has 1 fully saturated rings. The quantitative estimate of drug-likeness (QED) is 0.171. The predicted octanol–water partition coefficient (Wildman–Crippen LogP) is 5.16. The zero-order valence-corrected chi connectivity index (χ0v) is 25.5. The maximum absolute atomic E-state index is 12.8. The van der Waals surface area contributed by atoms with Crippen LogP contribution < -0.4 is 8.91 Å². The highest BCUT2D eigenvalue weighted by molar-refractivity contribution is 7.85. The number of nitro groups is 1. The van der Waals surface area contributed by atoms with E-state index in [1.165, 1.54) is 30.6 Å². The van der Waals surface area contributed by atoms with Gasteiger partial charge >= 0.3 is 10.3 Å². The Balaban J connectivity index is 1.57. The molecule has 1 saturated carbocycles. The largest absolute Gasteiger partial charge is 0.413 e. The second kappa shape index (κ2) is 11.9. The molecule has 0 bridgehead atoms. The topological polar surface area (TPSA) is 151 Å². The monoisotopic (exact) mass is 590 g/mol. The summed E-state index contributed by atoms with van der Waals surface area (Å²) in [4.78, 5) is 23.3. The summed E-state index contributed by atoms with van der Waals surface area (Å²) in [5, 5.41) is 10.9.